The summed E-state index contributed by atoms with van der Waals surface area (Å²) in [6.07, 6.45) is 0. The number of carboxylic acid groups (broad SMARTS) is 1. The van der Waals surface area contributed by atoms with Gasteiger partial charge in [0, 0.05) is 8.95 Å². The molecule has 0 aromatic heterocycles. The van der Waals surface area contributed by atoms with E-state index in [9.17, 15) is 19.8 Å². The quantitative estimate of drug-likeness (QED) is 0.278. The number of aromatic hydroxyl groups is 2. The molecule has 0 fully saturated rings. The number of carbonyl (C=O) groups excluding carboxylic acids is 1. The number of carboxylic acids is 1. The monoisotopic (exact) mass is 582 g/mol. The summed E-state index contributed by atoms with van der Waals surface area (Å²) in [7, 11) is 1.19. The SMILES string of the molecule is COC(=O)c1c(O)c(Cl)cc(Br)c1Cl.O=C(O)c1c(O)c(Cl)cc(Br)c1Cl. The molecule has 0 aliphatic carbocycles. The number of benzene rings is 2. The summed E-state index contributed by atoms with van der Waals surface area (Å²) in [4.78, 5) is 21.8. The van der Waals surface area contributed by atoms with Gasteiger partial charge in [-0.15, -0.1) is 0 Å². The van der Waals surface area contributed by atoms with Crippen molar-refractivity contribution >= 4 is 90.2 Å². The van der Waals surface area contributed by atoms with Crippen LogP contribution < -0.4 is 0 Å². The standard InChI is InChI=1S/C8H5BrCl2O3.C7H3BrCl2O3/c1-14-8(13)5-6(11)3(9)2-4(10)7(5)12;8-2-1-3(9)6(11)4(5(2)10)7(12)13/h2,12H,1H3;1,11H,(H,12,13). The molecule has 3 N–H and O–H groups in total. The maximum absolute atomic E-state index is 11.2. The Morgan fingerprint density at radius 1 is 0.889 bits per heavy atom. The van der Waals surface area contributed by atoms with Crippen molar-refractivity contribution in [2.24, 2.45) is 0 Å². The van der Waals surface area contributed by atoms with Gasteiger partial charge in [0.25, 0.3) is 0 Å². The van der Waals surface area contributed by atoms with Gasteiger partial charge in [-0.2, -0.15) is 0 Å². The Balaban J connectivity index is 0.000000271. The van der Waals surface area contributed by atoms with Gasteiger partial charge in [-0.3, -0.25) is 0 Å². The summed E-state index contributed by atoms with van der Waals surface area (Å²) in [6.45, 7) is 0. The lowest BCUT2D eigenvalue weighted by Gasteiger charge is -2.07. The Labute approximate surface area is 189 Å². The maximum atomic E-state index is 11.2. The molecule has 146 valence electrons. The molecule has 0 amide bonds. The van der Waals surface area contributed by atoms with Gasteiger partial charge in [-0.05, 0) is 44.0 Å². The van der Waals surface area contributed by atoms with Crippen LogP contribution in [0, 0.1) is 0 Å². The number of esters is 1. The van der Waals surface area contributed by atoms with Crippen LogP contribution in [-0.4, -0.2) is 34.4 Å². The summed E-state index contributed by atoms with van der Waals surface area (Å²) in [5.41, 5.74) is -0.547. The van der Waals surface area contributed by atoms with Crippen LogP contribution in [0.1, 0.15) is 20.7 Å². The summed E-state index contributed by atoms with van der Waals surface area (Å²) in [5.74, 6) is -2.98. The maximum Gasteiger partial charge on any atom is 0.343 e. The molecule has 27 heavy (non-hydrogen) atoms. The Bertz CT molecular complexity index is 868. The molecule has 0 atom stereocenters. The zero-order chi connectivity index (χ0) is 21.0. The highest BCUT2D eigenvalue weighted by atomic mass is 79.9. The number of phenols is 2. The van der Waals surface area contributed by atoms with E-state index in [4.69, 9.17) is 51.5 Å². The molecule has 0 heterocycles. The van der Waals surface area contributed by atoms with Gasteiger partial charge >= 0.3 is 11.9 Å². The lowest BCUT2D eigenvalue weighted by Crippen LogP contribution is -2.03. The predicted octanol–water partition coefficient (Wildman–Crippen LogP) is 6.41. The van der Waals surface area contributed by atoms with Crippen molar-refractivity contribution in [2.45, 2.75) is 0 Å². The van der Waals surface area contributed by atoms with Crippen molar-refractivity contribution in [1.29, 1.82) is 0 Å². The third-order valence-electron chi connectivity index (χ3n) is 2.89. The molecule has 0 aliphatic heterocycles. The molecular weight excluding hydrogens is 578 g/mol. The fraction of sp³-hybridized carbons (Fsp3) is 0.0667. The summed E-state index contributed by atoms with van der Waals surface area (Å²) >= 11 is 28.7. The first-order chi connectivity index (χ1) is 12.4. The van der Waals surface area contributed by atoms with Gasteiger partial charge in [0.15, 0.2) is 0 Å². The van der Waals surface area contributed by atoms with Crippen LogP contribution in [0.25, 0.3) is 0 Å². The first-order valence-corrected chi connectivity index (χ1v) is 9.58. The van der Waals surface area contributed by atoms with Gasteiger partial charge < -0.3 is 20.1 Å². The van der Waals surface area contributed by atoms with E-state index in [0.717, 1.165) is 0 Å². The number of halogens is 6. The molecule has 0 saturated carbocycles. The van der Waals surface area contributed by atoms with Gasteiger partial charge in [0.2, 0.25) is 0 Å². The summed E-state index contributed by atoms with van der Waals surface area (Å²) in [5, 5.41) is 27.4. The van der Waals surface area contributed by atoms with Crippen molar-refractivity contribution in [2.75, 3.05) is 7.11 Å². The highest BCUT2D eigenvalue weighted by Crippen LogP contribution is 2.39. The normalized spacial score (nSPS) is 10.0. The second kappa shape index (κ2) is 10.0. The Morgan fingerprint density at radius 3 is 1.63 bits per heavy atom. The minimum absolute atomic E-state index is 0.0293. The van der Waals surface area contributed by atoms with Crippen LogP contribution in [0.4, 0.5) is 0 Å². The zero-order valence-electron chi connectivity index (χ0n) is 13.0. The number of ether oxygens (including phenoxy) is 1. The number of rotatable bonds is 2. The second-order valence-electron chi connectivity index (χ2n) is 4.55. The van der Waals surface area contributed by atoms with Crippen molar-refractivity contribution in [3.63, 3.8) is 0 Å². The smallest absolute Gasteiger partial charge is 0.343 e. The van der Waals surface area contributed by atoms with Crippen molar-refractivity contribution in [1.82, 2.24) is 0 Å². The minimum Gasteiger partial charge on any atom is -0.505 e. The third-order valence-corrected chi connectivity index (χ3v) is 5.96. The Morgan fingerprint density at radius 2 is 1.26 bits per heavy atom. The Hall–Kier alpha value is -0.900. The number of phenolic OH excluding ortho intramolecular Hbond substituents is 1. The van der Waals surface area contributed by atoms with E-state index >= 15 is 0 Å². The number of hydrogen-bond donors (Lipinski definition) is 3. The topological polar surface area (TPSA) is 104 Å². The lowest BCUT2D eigenvalue weighted by atomic mass is 10.2. The third kappa shape index (κ3) is 5.56. The van der Waals surface area contributed by atoms with E-state index in [2.05, 4.69) is 36.6 Å². The van der Waals surface area contributed by atoms with E-state index in [0.29, 0.717) is 8.95 Å². The number of methoxy groups -OCH3 is 1. The second-order valence-corrected chi connectivity index (χ2v) is 7.83. The lowest BCUT2D eigenvalue weighted by molar-refractivity contribution is 0.0596. The van der Waals surface area contributed by atoms with Crippen LogP contribution in [0.5, 0.6) is 11.5 Å². The largest absolute Gasteiger partial charge is 0.505 e. The summed E-state index contributed by atoms with van der Waals surface area (Å²) < 4.78 is 5.19. The molecular formula is C15H8Br2Cl4O6. The fourth-order valence-corrected chi connectivity index (χ4v) is 3.63. The van der Waals surface area contributed by atoms with E-state index in [1.54, 1.807) is 0 Å². The minimum atomic E-state index is -1.33. The van der Waals surface area contributed by atoms with Crippen LogP contribution in [-0.2, 0) is 4.74 Å². The molecule has 2 aromatic carbocycles. The molecule has 0 bridgehead atoms. The molecule has 0 radical (unpaired) electrons. The van der Waals surface area contributed by atoms with Gasteiger partial charge in [0.05, 0.1) is 27.2 Å². The van der Waals surface area contributed by atoms with Crippen molar-refractivity contribution in [3.8, 4) is 11.5 Å². The van der Waals surface area contributed by atoms with Crippen LogP contribution in [0.3, 0.4) is 0 Å². The molecule has 12 heteroatoms. The van der Waals surface area contributed by atoms with Crippen molar-refractivity contribution < 1.29 is 29.6 Å². The van der Waals surface area contributed by atoms with Gasteiger partial charge in [-0.1, -0.05) is 46.4 Å². The molecule has 0 unspecified atom stereocenters. The van der Waals surface area contributed by atoms with E-state index in [1.807, 2.05) is 0 Å². The molecule has 2 rings (SSSR count). The number of aromatic carboxylic acids is 1. The first kappa shape index (κ1) is 24.1. The predicted molar refractivity (Wildman–Crippen MR) is 110 cm³/mol. The molecule has 2 aromatic rings. The van der Waals surface area contributed by atoms with Crippen LogP contribution >= 0.6 is 78.3 Å². The Kier molecular flexibility index (Phi) is 8.98. The summed E-state index contributed by atoms with van der Waals surface area (Å²) in [6, 6.07) is 2.72. The fourth-order valence-electron chi connectivity index (χ4n) is 1.66. The highest BCUT2D eigenvalue weighted by molar-refractivity contribution is 9.10. The highest BCUT2D eigenvalue weighted by Gasteiger charge is 2.21. The molecule has 0 saturated heterocycles. The van der Waals surface area contributed by atoms with E-state index in [-0.39, 0.29) is 31.4 Å². The van der Waals surface area contributed by atoms with Crippen LogP contribution in [0.15, 0.2) is 21.1 Å². The average molecular weight is 586 g/mol. The zero-order valence-corrected chi connectivity index (χ0v) is 19.2. The molecule has 0 aliphatic rings. The number of hydrogen-bond acceptors (Lipinski definition) is 5. The molecule has 0 spiro atoms. The van der Waals surface area contributed by atoms with Gasteiger partial charge in [0.1, 0.15) is 22.6 Å². The molecule has 6 nitrogen and oxygen atoms in total. The van der Waals surface area contributed by atoms with Crippen LogP contribution in [0.2, 0.25) is 20.1 Å². The average Bonchev–Trinajstić information content (AvgIpc) is 2.59. The number of carbonyl (C=O) groups is 2. The van der Waals surface area contributed by atoms with E-state index in [1.165, 1.54) is 19.2 Å². The first-order valence-electron chi connectivity index (χ1n) is 6.48. The van der Waals surface area contributed by atoms with Gasteiger partial charge in [-0.25, -0.2) is 9.59 Å². The van der Waals surface area contributed by atoms with E-state index < -0.39 is 23.3 Å². The van der Waals surface area contributed by atoms with Crippen molar-refractivity contribution in [3.05, 3.63) is 52.3 Å².